The maximum atomic E-state index is 12.6. The summed E-state index contributed by atoms with van der Waals surface area (Å²) >= 11 is 0. The summed E-state index contributed by atoms with van der Waals surface area (Å²) in [6, 6.07) is -0.594. The van der Waals surface area contributed by atoms with Crippen molar-refractivity contribution in [2.24, 2.45) is 0 Å². The Hall–Kier alpha value is -2.12. The van der Waals surface area contributed by atoms with Gasteiger partial charge in [-0.25, -0.2) is 4.79 Å². The Labute approximate surface area is 148 Å². The van der Waals surface area contributed by atoms with E-state index in [-0.39, 0.29) is 0 Å². The Bertz CT molecular complexity index is 533. The van der Waals surface area contributed by atoms with Crippen molar-refractivity contribution in [2.75, 3.05) is 13.2 Å². The van der Waals surface area contributed by atoms with Crippen molar-refractivity contribution in [1.29, 1.82) is 0 Å². The molecule has 1 rings (SSSR count). The van der Waals surface area contributed by atoms with Gasteiger partial charge in [-0.3, -0.25) is 19.3 Å². The van der Waals surface area contributed by atoms with Gasteiger partial charge in [-0.2, -0.15) is 0 Å². The summed E-state index contributed by atoms with van der Waals surface area (Å²) in [7, 11) is 0. The number of carbonyl (C=O) groups is 4. The molecule has 1 aliphatic heterocycles. The Morgan fingerprint density at radius 2 is 1.72 bits per heavy atom. The van der Waals surface area contributed by atoms with Gasteiger partial charge < -0.3 is 15.4 Å². The molecule has 0 aliphatic carbocycles. The summed E-state index contributed by atoms with van der Waals surface area (Å²) in [6.45, 7) is 8.34. The van der Waals surface area contributed by atoms with Crippen molar-refractivity contribution < 1.29 is 23.9 Å². The lowest BCUT2D eigenvalue weighted by molar-refractivity contribution is -0.151. The molecule has 0 aromatic rings. The van der Waals surface area contributed by atoms with Crippen LogP contribution < -0.4 is 10.6 Å². The number of carbonyl (C=O) groups excluding carboxylic acids is 4. The van der Waals surface area contributed by atoms with Crippen LogP contribution in [0.25, 0.3) is 0 Å². The smallest absolute Gasteiger partial charge is 0.326 e. The minimum atomic E-state index is -0.940. The van der Waals surface area contributed by atoms with E-state index in [1.54, 1.807) is 20.8 Å². The van der Waals surface area contributed by atoms with E-state index in [4.69, 9.17) is 4.74 Å². The van der Waals surface area contributed by atoms with E-state index in [1.807, 2.05) is 13.8 Å². The van der Waals surface area contributed by atoms with E-state index in [0.717, 1.165) is 17.7 Å². The maximum Gasteiger partial charge on any atom is 0.326 e. The topological polar surface area (TPSA) is 105 Å². The summed E-state index contributed by atoms with van der Waals surface area (Å²) in [5.41, 5.74) is -1.38. The van der Waals surface area contributed by atoms with Crippen LogP contribution in [0.1, 0.15) is 60.3 Å². The van der Waals surface area contributed by atoms with Crippen molar-refractivity contribution >= 4 is 23.8 Å². The van der Waals surface area contributed by atoms with Crippen molar-refractivity contribution in [2.45, 2.75) is 71.4 Å². The zero-order valence-corrected chi connectivity index (χ0v) is 15.7. The number of imide groups is 1. The highest BCUT2D eigenvalue weighted by atomic mass is 16.5. The van der Waals surface area contributed by atoms with Gasteiger partial charge >= 0.3 is 12.0 Å². The number of urea groups is 1. The summed E-state index contributed by atoms with van der Waals surface area (Å²) < 4.78 is 4.87. The van der Waals surface area contributed by atoms with Crippen LogP contribution >= 0.6 is 0 Å². The molecule has 2 N–H and O–H groups in total. The molecule has 0 bridgehead atoms. The third-order valence-corrected chi connectivity index (χ3v) is 3.77. The van der Waals surface area contributed by atoms with E-state index in [0.29, 0.717) is 12.8 Å². The number of esters is 1. The first kappa shape index (κ1) is 20.9. The normalized spacial score (nSPS) is 16.6. The molecule has 1 fully saturated rings. The molecule has 4 amide bonds. The highest BCUT2D eigenvalue weighted by molar-refractivity contribution is 6.08. The van der Waals surface area contributed by atoms with Crippen LogP contribution in [0.5, 0.6) is 0 Å². The van der Waals surface area contributed by atoms with E-state index in [1.165, 1.54) is 0 Å². The number of hydrogen-bond donors (Lipinski definition) is 2. The lowest BCUT2D eigenvalue weighted by Gasteiger charge is -2.25. The number of amides is 4. The third-order valence-electron chi connectivity index (χ3n) is 3.77. The van der Waals surface area contributed by atoms with Crippen molar-refractivity contribution in [3.05, 3.63) is 0 Å². The van der Waals surface area contributed by atoms with Gasteiger partial charge in [0, 0.05) is 5.54 Å². The number of nitrogens with zero attached hydrogens (tertiary/aromatic N) is 1. The second-order valence-corrected chi connectivity index (χ2v) is 7.36. The van der Waals surface area contributed by atoms with Crippen LogP contribution in [-0.4, -0.2) is 52.9 Å². The minimum absolute atomic E-state index is 0.405. The monoisotopic (exact) mass is 355 g/mol. The zero-order valence-electron chi connectivity index (χ0n) is 15.7. The molecule has 1 aliphatic rings. The first-order valence-corrected chi connectivity index (χ1v) is 8.65. The second-order valence-electron chi connectivity index (χ2n) is 7.36. The van der Waals surface area contributed by atoms with E-state index in [2.05, 4.69) is 10.6 Å². The summed E-state index contributed by atoms with van der Waals surface area (Å²) in [6.07, 6.45) is 2.50. The molecule has 0 radical (unpaired) electrons. The molecule has 0 aromatic heterocycles. The summed E-state index contributed by atoms with van der Waals surface area (Å²) in [5.74, 6) is -1.64. The van der Waals surface area contributed by atoms with E-state index < -0.39 is 48.0 Å². The Morgan fingerprint density at radius 1 is 1.16 bits per heavy atom. The average molecular weight is 355 g/mol. The molecule has 0 unspecified atom stereocenters. The third kappa shape index (κ3) is 5.72. The fourth-order valence-corrected chi connectivity index (χ4v) is 2.91. The van der Waals surface area contributed by atoms with Crippen LogP contribution in [0.3, 0.4) is 0 Å². The first-order valence-electron chi connectivity index (χ1n) is 8.65. The number of hydrogen-bond acceptors (Lipinski definition) is 5. The fourth-order valence-electron chi connectivity index (χ4n) is 2.91. The quantitative estimate of drug-likeness (QED) is 0.505. The predicted octanol–water partition coefficient (Wildman–Crippen LogP) is 1.34. The van der Waals surface area contributed by atoms with Crippen molar-refractivity contribution in [3.8, 4) is 0 Å². The van der Waals surface area contributed by atoms with E-state index in [9.17, 15) is 19.2 Å². The van der Waals surface area contributed by atoms with Gasteiger partial charge in [0.25, 0.3) is 11.8 Å². The van der Waals surface area contributed by atoms with Gasteiger partial charge in [0.1, 0.15) is 12.1 Å². The van der Waals surface area contributed by atoms with Crippen LogP contribution in [0.15, 0.2) is 0 Å². The average Bonchev–Trinajstić information content (AvgIpc) is 2.69. The summed E-state index contributed by atoms with van der Waals surface area (Å²) in [5, 5.41) is 5.38. The van der Waals surface area contributed by atoms with Crippen molar-refractivity contribution in [3.63, 3.8) is 0 Å². The SMILES string of the molecule is CCCC1(CCC)NC(=O)N(CC(=O)OCC(=O)NC(C)(C)C)C1=O. The molecule has 8 heteroatoms. The molecule has 25 heavy (non-hydrogen) atoms. The van der Waals surface area contributed by atoms with Crippen LogP contribution in [0.2, 0.25) is 0 Å². The molecular formula is C17H29N3O5. The largest absolute Gasteiger partial charge is 0.454 e. The zero-order chi connectivity index (χ0) is 19.3. The number of nitrogens with one attached hydrogen (secondary N) is 2. The fraction of sp³-hybridized carbons (Fsp3) is 0.765. The molecule has 8 nitrogen and oxygen atoms in total. The van der Waals surface area contributed by atoms with Gasteiger partial charge in [-0.15, -0.1) is 0 Å². The van der Waals surface area contributed by atoms with Gasteiger partial charge in [-0.1, -0.05) is 26.7 Å². The van der Waals surface area contributed by atoms with Gasteiger partial charge in [0.05, 0.1) is 0 Å². The Kier molecular flexibility index (Phi) is 6.96. The second kappa shape index (κ2) is 8.31. The molecule has 1 heterocycles. The Balaban J connectivity index is 2.64. The molecule has 0 atom stereocenters. The minimum Gasteiger partial charge on any atom is -0.454 e. The molecule has 0 aromatic carbocycles. The van der Waals surface area contributed by atoms with Crippen LogP contribution in [-0.2, 0) is 19.1 Å². The number of ether oxygens (including phenoxy) is 1. The lowest BCUT2D eigenvalue weighted by atomic mass is 9.88. The van der Waals surface area contributed by atoms with Gasteiger partial charge in [0.15, 0.2) is 6.61 Å². The molecule has 1 saturated heterocycles. The van der Waals surface area contributed by atoms with Crippen LogP contribution in [0, 0.1) is 0 Å². The van der Waals surface area contributed by atoms with Crippen LogP contribution in [0.4, 0.5) is 4.79 Å². The summed E-state index contributed by atoms with van der Waals surface area (Å²) in [4.78, 5) is 49.2. The molecule has 0 saturated carbocycles. The van der Waals surface area contributed by atoms with Crippen molar-refractivity contribution in [1.82, 2.24) is 15.5 Å². The standard InChI is InChI=1S/C17H29N3O5/c1-6-8-17(9-7-2)14(23)20(15(24)19-17)10-13(22)25-11-12(21)18-16(3,4)5/h6-11H2,1-5H3,(H,18,21)(H,19,24). The predicted molar refractivity (Wildman–Crippen MR) is 91.6 cm³/mol. The highest BCUT2D eigenvalue weighted by Gasteiger charge is 2.50. The molecular weight excluding hydrogens is 326 g/mol. The first-order chi connectivity index (χ1) is 11.5. The maximum absolute atomic E-state index is 12.6. The highest BCUT2D eigenvalue weighted by Crippen LogP contribution is 2.27. The number of rotatable bonds is 8. The van der Waals surface area contributed by atoms with E-state index >= 15 is 0 Å². The lowest BCUT2D eigenvalue weighted by Crippen LogP contribution is -2.47. The van der Waals surface area contributed by atoms with Gasteiger partial charge in [-0.05, 0) is 33.6 Å². The molecule has 142 valence electrons. The van der Waals surface area contributed by atoms with Gasteiger partial charge in [0.2, 0.25) is 0 Å². The molecule has 0 spiro atoms. The Morgan fingerprint density at radius 3 is 2.20 bits per heavy atom.